The lowest BCUT2D eigenvalue weighted by atomic mass is 10.1. The van der Waals surface area contributed by atoms with E-state index in [1.165, 1.54) is 10.1 Å². The molecule has 4 rings (SSSR count). The molecule has 8 heteroatoms. The van der Waals surface area contributed by atoms with Crippen molar-refractivity contribution in [2.45, 2.75) is 40.3 Å². The molecule has 1 amide bonds. The van der Waals surface area contributed by atoms with Crippen molar-refractivity contribution in [3.63, 3.8) is 0 Å². The van der Waals surface area contributed by atoms with Gasteiger partial charge in [-0.3, -0.25) is 14.4 Å². The zero-order valence-electron chi connectivity index (χ0n) is 18.5. The van der Waals surface area contributed by atoms with Crippen LogP contribution in [0.4, 0.5) is 0 Å². The summed E-state index contributed by atoms with van der Waals surface area (Å²) < 4.78 is 3.24. The normalized spacial score (nSPS) is 12.1. The number of carbonyl (C=O) groups excluding carboxylic acids is 1. The summed E-state index contributed by atoms with van der Waals surface area (Å²) >= 11 is 0. The number of hydrogen-bond donors (Lipinski definition) is 2. The van der Waals surface area contributed by atoms with Crippen LogP contribution in [0.15, 0.2) is 58.3 Å². The van der Waals surface area contributed by atoms with Gasteiger partial charge in [0.2, 0.25) is 0 Å². The number of carbonyl (C=O) groups is 1. The van der Waals surface area contributed by atoms with Crippen molar-refractivity contribution in [2.75, 3.05) is 0 Å². The van der Waals surface area contributed by atoms with Crippen LogP contribution >= 0.6 is 0 Å². The average Bonchev–Trinajstić information content (AvgIpc) is 3.16. The van der Waals surface area contributed by atoms with Gasteiger partial charge in [0.1, 0.15) is 0 Å². The minimum Gasteiger partial charge on any atom is -0.345 e. The van der Waals surface area contributed by atoms with E-state index in [1.54, 1.807) is 31.3 Å². The first-order valence-electron chi connectivity index (χ1n) is 10.5. The van der Waals surface area contributed by atoms with Gasteiger partial charge in [0, 0.05) is 23.4 Å². The van der Waals surface area contributed by atoms with Gasteiger partial charge in [-0.1, -0.05) is 17.7 Å². The quantitative estimate of drug-likeness (QED) is 0.474. The lowest BCUT2D eigenvalue weighted by Gasteiger charge is -2.15. The first kappa shape index (κ1) is 21.3. The Hall–Kier alpha value is -3.94. The molecule has 0 unspecified atom stereocenters. The number of nitrogens with one attached hydrogen (secondary N) is 2. The molecule has 2 N–H and O–H groups in total. The van der Waals surface area contributed by atoms with Crippen molar-refractivity contribution in [1.29, 1.82) is 0 Å². The standard InChI is InChI=1S/C24H25N5O3/c1-5-28-21-11-8-17(12-20(21)27-23(31)24(28)32)22(30)26-15(3)19-13-25-29(16(19)4)18-9-6-14(2)7-10-18/h6-13,15H,5H2,1-4H3,(H,26,30)(H,27,31)/t15-/m0/s1. The monoisotopic (exact) mass is 431 g/mol. The minimum absolute atomic E-state index is 0.277. The molecule has 0 bridgehead atoms. The van der Waals surface area contributed by atoms with Gasteiger partial charge in [-0.25, -0.2) is 4.68 Å². The van der Waals surface area contributed by atoms with Crippen LogP contribution < -0.4 is 16.4 Å². The number of aryl methyl sites for hydroxylation is 2. The Kier molecular flexibility index (Phi) is 5.52. The van der Waals surface area contributed by atoms with E-state index in [1.807, 2.05) is 49.7 Å². The highest BCUT2D eigenvalue weighted by Crippen LogP contribution is 2.21. The van der Waals surface area contributed by atoms with E-state index in [0.717, 1.165) is 16.9 Å². The second kappa shape index (κ2) is 8.30. The van der Waals surface area contributed by atoms with Crippen LogP contribution in [0, 0.1) is 13.8 Å². The molecule has 4 aromatic rings. The Balaban J connectivity index is 1.60. The first-order chi connectivity index (χ1) is 15.3. The van der Waals surface area contributed by atoms with Gasteiger partial charge in [-0.15, -0.1) is 0 Å². The van der Waals surface area contributed by atoms with Crippen LogP contribution in [0.5, 0.6) is 0 Å². The zero-order chi connectivity index (χ0) is 23.0. The topological polar surface area (TPSA) is 102 Å². The molecule has 0 saturated carbocycles. The molecule has 0 aliphatic carbocycles. The van der Waals surface area contributed by atoms with Crippen LogP contribution in [0.25, 0.3) is 16.7 Å². The molecule has 2 heterocycles. The van der Waals surface area contributed by atoms with E-state index in [2.05, 4.69) is 15.4 Å². The van der Waals surface area contributed by atoms with Crippen LogP contribution in [0.3, 0.4) is 0 Å². The third-order valence-electron chi connectivity index (χ3n) is 5.69. The van der Waals surface area contributed by atoms with Crippen molar-refractivity contribution >= 4 is 16.9 Å². The van der Waals surface area contributed by atoms with Crippen molar-refractivity contribution in [1.82, 2.24) is 24.6 Å². The number of rotatable bonds is 5. The number of fused-ring (bicyclic) bond motifs is 1. The molecule has 0 aliphatic heterocycles. The molecule has 0 spiro atoms. The molecule has 0 radical (unpaired) electrons. The molecule has 8 nitrogen and oxygen atoms in total. The van der Waals surface area contributed by atoms with Gasteiger partial charge in [0.15, 0.2) is 0 Å². The van der Waals surface area contributed by atoms with E-state index in [-0.39, 0.29) is 11.9 Å². The SMILES string of the molecule is CCn1c(=O)c(=O)[nH]c2cc(C(=O)N[C@@H](C)c3cnn(-c4ccc(C)cc4)c3C)ccc21. The zero-order valence-corrected chi connectivity index (χ0v) is 18.5. The van der Waals surface area contributed by atoms with Crippen LogP contribution in [0.2, 0.25) is 0 Å². The molecule has 0 fully saturated rings. The predicted molar refractivity (Wildman–Crippen MR) is 123 cm³/mol. The summed E-state index contributed by atoms with van der Waals surface area (Å²) in [4.78, 5) is 39.4. The lowest BCUT2D eigenvalue weighted by Crippen LogP contribution is -2.36. The maximum atomic E-state index is 12.9. The Bertz CT molecular complexity index is 1430. The molecule has 32 heavy (non-hydrogen) atoms. The van der Waals surface area contributed by atoms with E-state index >= 15 is 0 Å². The third-order valence-corrected chi connectivity index (χ3v) is 5.69. The van der Waals surface area contributed by atoms with Gasteiger partial charge < -0.3 is 14.9 Å². The number of nitrogens with zero attached hydrogens (tertiary/aromatic N) is 3. The Morgan fingerprint density at radius 2 is 1.84 bits per heavy atom. The summed E-state index contributed by atoms with van der Waals surface area (Å²) in [5.41, 5.74) is 4.09. The third kappa shape index (κ3) is 3.75. The number of hydrogen-bond acceptors (Lipinski definition) is 4. The average molecular weight is 431 g/mol. The van der Waals surface area contributed by atoms with Gasteiger partial charge in [0.25, 0.3) is 5.91 Å². The molecule has 164 valence electrons. The lowest BCUT2D eigenvalue weighted by molar-refractivity contribution is 0.0940. The Labute approximate surface area is 184 Å². The Morgan fingerprint density at radius 1 is 1.12 bits per heavy atom. The van der Waals surface area contributed by atoms with Gasteiger partial charge >= 0.3 is 11.1 Å². The van der Waals surface area contributed by atoms with Crippen molar-refractivity contribution < 1.29 is 4.79 Å². The van der Waals surface area contributed by atoms with E-state index < -0.39 is 11.1 Å². The fourth-order valence-corrected chi connectivity index (χ4v) is 3.89. The summed E-state index contributed by atoms with van der Waals surface area (Å²) in [5.74, 6) is -0.281. The number of amides is 1. The fourth-order valence-electron chi connectivity index (χ4n) is 3.89. The second-order valence-electron chi connectivity index (χ2n) is 7.86. The van der Waals surface area contributed by atoms with Gasteiger partial charge in [-0.2, -0.15) is 5.10 Å². The summed E-state index contributed by atoms with van der Waals surface area (Å²) in [5, 5.41) is 7.48. The number of benzene rings is 2. The fraction of sp³-hybridized carbons (Fsp3) is 0.250. The number of aromatic nitrogens is 4. The smallest absolute Gasteiger partial charge is 0.316 e. The van der Waals surface area contributed by atoms with Crippen molar-refractivity contribution in [3.8, 4) is 5.69 Å². The van der Waals surface area contributed by atoms with Gasteiger partial charge in [-0.05, 0) is 58.0 Å². The van der Waals surface area contributed by atoms with Crippen LogP contribution in [-0.2, 0) is 6.54 Å². The summed E-state index contributed by atoms with van der Waals surface area (Å²) in [6, 6.07) is 12.7. The number of H-pyrrole nitrogens is 1. The highest BCUT2D eigenvalue weighted by molar-refractivity contribution is 5.97. The molecule has 2 aromatic carbocycles. The largest absolute Gasteiger partial charge is 0.345 e. The highest BCUT2D eigenvalue weighted by Gasteiger charge is 2.18. The van der Waals surface area contributed by atoms with E-state index in [4.69, 9.17) is 0 Å². The highest BCUT2D eigenvalue weighted by atomic mass is 16.2. The molecule has 0 saturated heterocycles. The number of aromatic amines is 1. The maximum absolute atomic E-state index is 12.9. The second-order valence-corrected chi connectivity index (χ2v) is 7.86. The molecular formula is C24H25N5O3. The van der Waals surface area contributed by atoms with E-state index in [0.29, 0.717) is 23.1 Å². The molecular weight excluding hydrogens is 406 g/mol. The van der Waals surface area contributed by atoms with Crippen molar-refractivity contribution in [3.05, 3.63) is 91.8 Å². The minimum atomic E-state index is -0.704. The summed E-state index contributed by atoms with van der Waals surface area (Å²) in [7, 11) is 0. The van der Waals surface area contributed by atoms with Crippen LogP contribution in [0.1, 0.15) is 47.1 Å². The maximum Gasteiger partial charge on any atom is 0.316 e. The molecule has 1 atom stereocenters. The van der Waals surface area contributed by atoms with Crippen LogP contribution in [-0.4, -0.2) is 25.2 Å². The molecule has 2 aromatic heterocycles. The van der Waals surface area contributed by atoms with E-state index in [9.17, 15) is 14.4 Å². The van der Waals surface area contributed by atoms with Gasteiger partial charge in [0.05, 0.1) is 29.0 Å². The predicted octanol–water partition coefficient (Wildman–Crippen LogP) is 3.00. The summed E-state index contributed by atoms with van der Waals surface area (Å²) in [6.45, 7) is 8.06. The first-order valence-corrected chi connectivity index (χ1v) is 10.5. The van der Waals surface area contributed by atoms with Crippen molar-refractivity contribution in [2.24, 2.45) is 0 Å². The Morgan fingerprint density at radius 3 is 2.53 bits per heavy atom. The molecule has 0 aliphatic rings. The summed E-state index contributed by atoms with van der Waals surface area (Å²) in [6.07, 6.45) is 1.76.